The Bertz CT molecular complexity index is 1570. The Kier molecular flexibility index (Phi) is 8.21. The van der Waals surface area contributed by atoms with Crippen LogP contribution in [-0.2, 0) is 14.3 Å². The smallest absolute Gasteiger partial charge is 0.335 e. The van der Waals surface area contributed by atoms with Gasteiger partial charge in [0.05, 0.1) is 6.10 Å². The molecule has 9 N–H and O–H groups in total. The van der Waals surface area contributed by atoms with Gasteiger partial charge < -0.3 is 69.3 Å². The summed E-state index contributed by atoms with van der Waals surface area (Å²) in [7, 11) is 0. The first-order valence-corrected chi connectivity index (χ1v) is 12.9. The average molecular weight is 609 g/mol. The van der Waals surface area contributed by atoms with Crippen LogP contribution in [0.2, 0.25) is 0 Å². The van der Waals surface area contributed by atoms with Crippen LogP contribution in [0.15, 0.2) is 45.6 Å². The van der Waals surface area contributed by atoms with Crippen LogP contribution in [0.1, 0.15) is 6.92 Å². The van der Waals surface area contributed by atoms with E-state index in [1.54, 1.807) is 0 Å². The predicted molar refractivity (Wildman–Crippen MR) is 139 cm³/mol. The van der Waals surface area contributed by atoms with Gasteiger partial charge in [0.2, 0.25) is 12.6 Å². The standard InChI is InChI=1S/C27H28O16/c1-8-18(31)19(32)22(35)26(39-8)42-14-3-2-9(4-11(14)28)15-7-13(30)17-12(29)5-10(6-16(17)41-15)40-27-23(36)20(33)21(34)24(43-27)25(37)38/h2-8,18-24,26-29,31-36H,1H3,(H,37,38)/t8-,18+,19-,20-,21+,22+,23-,24+,26-,27-/m1/s1. The van der Waals surface area contributed by atoms with E-state index in [0.717, 1.165) is 24.3 Å². The quantitative estimate of drug-likeness (QED) is 0.152. The van der Waals surface area contributed by atoms with E-state index in [1.807, 2.05) is 0 Å². The molecule has 43 heavy (non-hydrogen) atoms. The van der Waals surface area contributed by atoms with Crippen LogP contribution in [0, 0.1) is 0 Å². The summed E-state index contributed by atoms with van der Waals surface area (Å²) in [6.07, 6.45) is -16.4. The first-order chi connectivity index (χ1) is 20.3. The Labute approximate surface area is 240 Å². The molecule has 2 aliphatic rings. The fourth-order valence-corrected chi connectivity index (χ4v) is 4.74. The number of phenols is 2. The number of carbonyl (C=O) groups is 1. The summed E-state index contributed by atoms with van der Waals surface area (Å²) < 4.78 is 27.1. The van der Waals surface area contributed by atoms with Crippen molar-refractivity contribution in [1.29, 1.82) is 0 Å². The number of hydrogen-bond acceptors (Lipinski definition) is 15. The molecular formula is C27H28O16. The van der Waals surface area contributed by atoms with Crippen molar-refractivity contribution >= 4 is 16.9 Å². The van der Waals surface area contributed by atoms with Gasteiger partial charge in [0.25, 0.3) is 0 Å². The topological polar surface area (TPSA) is 266 Å². The number of carboxylic acid groups (broad SMARTS) is 1. The Morgan fingerprint density at radius 2 is 1.42 bits per heavy atom. The molecule has 2 aliphatic heterocycles. The number of hydrogen-bond donors (Lipinski definition) is 9. The molecule has 232 valence electrons. The number of phenolic OH excluding ortho intramolecular Hbond substituents is 2. The zero-order chi connectivity index (χ0) is 31.3. The minimum atomic E-state index is -1.95. The van der Waals surface area contributed by atoms with Gasteiger partial charge in [0.1, 0.15) is 64.9 Å². The van der Waals surface area contributed by atoms with Gasteiger partial charge in [-0.25, -0.2) is 4.79 Å². The van der Waals surface area contributed by atoms with Gasteiger partial charge in [-0.15, -0.1) is 0 Å². The molecule has 16 heteroatoms. The number of aromatic hydroxyl groups is 2. The van der Waals surface area contributed by atoms with Crippen molar-refractivity contribution in [2.75, 3.05) is 0 Å². The van der Waals surface area contributed by atoms with Crippen molar-refractivity contribution in [3.63, 3.8) is 0 Å². The number of benzene rings is 2. The van der Waals surface area contributed by atoms with E-state index in [1.165, 1.54) is 19.1 Å². The summed E-state index contributed by atoms with van der Waals surface area (Å²) in [6.45, 7) is 1.46. The van der Waals surface area contributed by atoms with E-state index >= 15 is 0 Å². The molecule has 0 amide bonds. The van der Waals surface area contributed by atoms with E-state index < -0.39 is 84.3 Å². The summed E-state index contributed by atoms with van der Waals surface area (Å²) in [5.41, 5.74) is -0.756. The Morgan fingerprint density at radius 1 is 0.767 bits per heavy atom. The van der Waals surface area contributed by atoms with Gasteiger partial charge in [-0.2, -0.15) is 0 Å². The lowest BCUT2D eigenvalue weighted by Crippen LogP contribution is -2.61. The fraction of sp³-hybridized carbons (Fsp3) is 0.407. The van der Waals surface area contributed by atoms with Crippen LogP contribution in [0.25, 0.3) is 22.3 Å². The molecule has 3 aromatic rings. The van der Waals surface area contributed by atoms with Crippen LogP contribution < -0.4 is 14.9 Å². The lowest BCUT2D eigenvalue weighted by atomic mass is 9.99. The monoisotopic (exact) mass is 608 g/mol. The van der Waals surface area contributed by atoms with Crippen LogP contribution in [0.4, 0.5) is 0 Å². The molecule has 2 fully saturated rings. The van der Waals surface area contributed by atoms with Gasteiger partial charge in [-0.05, 0) is 25.1 Å². The van der Waals surface area contributed by atoms with E-state index in [4.69, 9.17) is 23.4 Å². The molecule has 0 saturated carbocycles. The first kappa shape index (κ1) is 30.5. The minimum Gasteiger partial charge on any atom is -0.507 e. The first-order valence-electron chi connectivity index (χ1n) is 12.9. The summed E-state index contributed by atoms with van der Waals surface area (Å²) >= 11 is 0. The highest BCUT2D eigenvalue weighted by molar-refractivity contribution is 5.86. The minimum absolute atomic E-state index is 0.0875. The molecule has 2 saturated heterocycles. The van der Waals surface area contributed by atoms with Crippen molar-refractivity contribution in [3.8, 4) is 34.3 Å². The zero-order valence-electron chi connectivity index (χ0n) is 22.1. The summed E-state index contributed by atoms with van der Waals surface area (Å²) in [4.78, 5) is 24.2. The zero-order valence-corrected chi connectivity index (χ0v) is 22.1. The lowest BCUT2D eigenvalue weighted by molar-refractivity contribution is -0.271. The van der Waals surface area contributed by atoms with E-state index in [0.29, 0.717) is 0 Å². The van der Waals surface area contributed by atoms with Crippen LogP contribution in [-0.4, -0.2) is 113 Å². The number of carboxylic acids is 1. The lowest BCUT2D eigenvalue weighted by Gasteiger charge is -2.38. The summed E-state index contributed by atoms with van der Waals surface area (Å²) in [5.74, 6) is -3.22. The molecule has 0 aliphatic carbocycles. The number of rotatable bonds is 6. The van der Waals surface area contributed by atoms with Crippen LogP contribution >= 0.6 is 0 Å². The molecule has 16 nitrogen and oxygen atoms in total. The molecule has 1 aromatic heterocycles. The molecule has 0 spiro atoms. The van der Waals surface area contributed by atoms with Crippen LogP contribution in [0.3, 0.4) is 0 Å². The third-order valence-electron chi connectivity index (χ3n) is 7.14. The largest absolute Gasteiger partial charge is 0.507 e. The molecule has 10 atom stereocenters. The molecule has 3 heterocycles. The molecule has 5 rings (SSSR count). The second-order valence-corrected chi connectivity index (χ2v) is 10.1. The van der Waals surface area contributed by atoms with Crippen molar-refractivity contribution in [2.45, 2.75) is 68.3 Å². The number of fused-ring (bicyclic) bond motifs is 1. The van der Waals surface area contributed by atoms with Crippen molar-refractivity contribution in [3.05, 3.63) is 46.6 Å². The summed E-state index contributed by atoms with van der Waals surface area (Å²) in [6, 6.07) is 6.95. The summed E-state index contributed by atoms with van der Waals surface area (Å²) in [5, 5.41) is 90.1. The van der Waals surface area contributed by atoms with Crippen LogP contribution in [0.5, 0.6) is 23.0 Å². The third kappa shape index (κ3) is 5.69. The number of aliphatic hydroxyl groups is 6. The highest BCUT2D eigenvalue weighted by atomic mass is 16.7. The maximum Gasteiger partial charge on any atom is 0.335 e. The second kappa shape index (κ2) is 11.6. The highest BCUT2D eigenvalue weighted by Crippen LogP contribution is 2.37. The van der Waals surface area contributed by atoms with E-state index in [-0.39, 0.29) is 33.8 Å². The molecular weight excluding hydrogens is 580 g/mol. The molecule has 0 radical (unpaired) electrons. The number of ether oxygens (including phenoxy) is 4. The van der Waals surface area contributed by atoms with Crippen molar-refractivity contribution in [2.24, 2.45) is 0 Å². The number of aliphatic carboxylic acids is 1. The molecule has 2 aromatic carbocycles. The van der Waals surface area contributed by atoms with E-state index in [2.05, 4.69) is 0 Å². The molecule has 0 unspecified atom stereocenters. The van der Waals surface area contributed by atoms with Gasteiger partial charge in [0.15, 0.2) is 23.0 Å². The van der Waals surface area contributed by atoms with Gasteiger partial charge in [0, 0.05) is 23.8 Å². The second-order valence-electron chi connectivity index (χ2n) is 10.1. The Morgan fingerprint density at radius 3 is 2.07 bits per heavy atom. The fourth-order valence-electron chi connectivity index (χ4n) is 4.74. The van der Waals surface area contributed by atoms with Gasteiger partial charge in [-0.1, -0.05) is 0 Å². The van der Waals surface area contributed by atoms with E-state index in [9.17, 15) is 55.5 Å². The third-order valence-corrected chi connectivity index (χ3v) is 7.14. The SMILES string of the molecule is C[C@H]1O[C@H](Oc2ccc(-c3cc(=O)c4c(O)cc(O[C@@H]5O[C@H](C(=O)O)[C@@H](O)[C@@H](O)[C@H]5O)cc4o3)cc2O)[C@@H](O)[C@H](O)[C@H]1O. The maximum atomic E-state index is 12.9. The molecule has 0 bridgehead atoms. The predicted octanol–water partition coefficient (Wildman–Crippen LogP) is -1.65. The normalized spacial score (nSPS) is 32.8. The van der Waals surface area contributed by atoms with Gasteiger partial charge >= 0.3 is 5.97 Å². The maximum absolute atomic E-state index is 12.9. The average Bonchev–Trinajstić information content (AvgIpc) is 2.95. The Hall–Kier alpha value is -4.00. The van der Waals surface area contributed by atoms with Gasteiger partial charge in [-0.3, -0.25) is 4.79 Å². The van der Waals surface area contributed by atoms with Crippen molar-refractivity contribution < 1.29 is 74.1 Å². The van der Waals surface area contributed by atoms with Crippen molar-refractivity contribution in [1.82, 2.24) is 0 Å². The number of aliphatic hydroxyl groups excluding tert-OH is 6. The Balaban J connectivity index is 1.41. The highest BCUT2D eigenvalue weighted by Gasteiger charge is 2.48.